The fourth-order valence-corrected chi connectivity index (χ4v) is 1.81. The van der Waals surface area contributed by atoms with Crippen LogP contribution in [0.15, 0.2) is 15.8 Å². The van der Waals surface area contributed by atoms with Crippen molar-refractivity contribution in [2.75, 3.05) is 6.61 Å². The molecule has 0 aliphatic heterocycles. The highest BCUT2D eigenvalue weighted by Gasteiger charge is 2.22. The molecule has 1 aromatic heterocycles. The number of nitrogens with one attached hydrogen (secondary N) is 1. The Kier molecular flexibility index (Phi) is 4.60. The number of phosphoric acid groups is 1. The minimum absolute atomic E-state index is 0.252. The van der Waals surface area contributed by atoms with Gasteiger partial charge in [-0.25, -0.2) is 9.36 Å². The lowest BCUT2D eigenvalue weighted by Gasteiger charge is -2.16. The Labute approximate surface area is 101 Å². The first-order valence-electron chi connectivity index (χ1n) is 4.88. The van der Waals surface area contributed by atoms with Gasteiger partial charge in [-0.3, -0.25) is 18.9 Å². The van der Waals surface area contributed by atoms with Gasteiger partial charge in [0.2, 0.25) is 0 Å². The highest BCUT2D eigenvalue weighted by Crippen LogP contribution is 2.37. The van der Waals surface area contributed by atoms with Crippen LogP contribution in [0.4, 0.5) is 0 Å². The Balaban J connectivity index is 2.96. The molecule has 0 radical (unpaired) electrons. The van der Waals surface area contributed by atoms with Crippen molar-refractivity contribution in [3.63, 3.8) is 0 Å². The molecule has 1 rings (SSSR count). The third kappa shape index (κ3) is 4.21. The van der Waals surface area contributed by atoms with Crippen LogP contribution in [-0.2, 0) is 15.6 Å². The summed E-state index contributed by atoms with van der Waals surface area (Å²) >= 11 is 0. The Bertz CT molecular complexity index is 572. The summed E-state index contributed by atoms with van der Waals surface area (Å²) in [5.41, 5.74) is -1.05. The summed E-state index contributed by atoms with van der Waals surface area (Å²) in [4.78, 5) is 41.7. The van der Waals surface area contributed by atoms with E-state index in [0.29, 0.717) is 0 Å². The molecule has 0 bridgehead atoms. The van der Waals surface area contributed by atoms with Gasteiger partial charge in [0.1, 0.15) is 6.10 Å². The van der Waals surface area contributed by atoms with E-state index >= 15 is 0 Å². The summed E-state index contributed by atoms with van der Waals surface area (Å²) in [5, 5.41) is 8.91. The van der Waals surface area contributed by atoms with Gasteiger partial charge in [-0.1, -0.05) is 0 Å². The van der Waals surface area contributed by atoms with Gasteiger partial charge < -0.3 is 14.9 Å². The molecular weight excluding hydrogens is 267 g/mol. The molecule has 1 atom stereocenters. The van der Waals surface area contributed by atoms with Crippen LogP contribution in [0.3, 0.4) is 0 Å². The molecule has 9 nitrogen and oxygen atoms in total. The number of hydrogen-bond acceptors (Lipinski definition) is 5. The minimum atomic E-state index is -4.76. The van der Waals surface area contributed by atoms with Gasteiger partial charge in [0.05, 0.1) is 13.2 Å². The third-order valence-corrected chi connectivity index (χ3v) is 2.65. The number of nitrogens with zero attached hydrogens (tertiary/aromatic N) is 1. The van der Waals surface area contributed by atoms with E-state index in [-0.39, 0.29) is 12.1 Å². The van der Waals surface area contributed by atoms with E-state index in [1.165, 1.54) is 13.1 Å². The molecule has 0 spiro atoms. The number of aromatic amines is 1. The quantitative estimate of drug-likeness (QED) is 0.471. The topological polar surface area (TPSA) is 142 Å². The lowest BCUT2D eigenvalue weighted by molar-refractivity contribution is 0.0680. The van der Waals surface area contributed by atoms with Crippen LogP contribution < -0.4 is 11.2 Å². The van der Waals surface area contributed by atoms with Crippen molar-refractivity contribution in [3.05, 3.63) is 32.6 Å². The third-order valence-electron chi connectivity index (χ3n) is 2.08. The van der Waals surface area contributed by atoms with Crippen molar-refractivity contribution in [2.24, 2.45) is 0 Å². The maximum absolute atomic E-state index is 11.4. The van der Waals surface area contributed by atoms with E-state index in [0.717, 1.165) is 4.57 Å². The van der Waals surface area contributed by atoms with Crippen LogP contribution in [0, 0.1) is 6.92 Å². The molecule has 0 saturated heterocycles. The van der Waals surface area contributed by atoms with E-state index in [4.69, 9.17) is 14.9 Å². The average Bonchev–Trinajstić information content (AvgIpc) is 2.22. The van der Waals surface area contributed by atoms with E-state index in [2.05, 4.69) is 4.52 Å². The van der Waals surface area contributed by atoms with Gasteiger partial charge in [0, 0.05) is 11.8 Å². The summed E-state index contributed by atoms with van der Waals surface area (Å²) in [6.45, 7) is 0.486. The second-order valence-electron chi connectivity index (χ2n) is 3.62. The number of hydrogen-bond donors (Lipinski definition) is 4. The van der Waals surface area contributed by atoms with Crippen molar-refractivity contribution in [2.45, 2.75) is 19.6 Å². The Morgan fingerprint density at radius 2 is 2.11 bits per heavy atom. The van der Waals surface area contributed by atoms with Crippen molar-refractivity contribution in [3.8, 4) is 0 Å². The van der Waals surface area contributed by atoms with Crippen LogP contribution in [-0.4, -0.2) is 37.2 Å². The minimum Gasteiger partial charge on any atom is -0.394 e. The standard InChI is InChI=1S/C8H13N2O7P/c1-5-2-10(8(13)9-7(5)12)3-6(4-11)17-18(14,15)16/h2,6,11H,3-4H2,1H3,(H,9,12,13)(H2,14,15,16)/t6-/m0/s1. The zero-order valence-corrected chi connectivity index (χ0v) is 10.3. The molecule has 18 heavy (non-hydrogen) atoms. The predicted molar refractivity (Wildman–Crippen MR) is 60.1 cm³/mol. The normalized spacial score (nSPS) is 13.6. The van der Waals surface area contributed by atoms with Gasteiger partial charge in [-0.2, -0.15) is 0 Å². The molecule has 0 aliphatic carbocycles. The number of aromatic nitrogens is 2. The fraction of sp³-hybridized carbons (Fsp3) is 0.500. The van der Waals surface area contributed by atoms with E-state index in [9.17, 15) is 14.2 Å². The summed E-state index contributed by atoms with van der Waals surface area (Å²) in [6, 6.07) is 0. The maximum Gasteiger partial charge on any atom is 0.469 e. The highest BCUT2D eigenvalue weighted by atomic mass is 31.2. The van der Waals surface area contributed by atoms with Crippen LogP contribution in [0.1, 0.15) is 5.56 Å². The van der Waals surface area contributed by atoms with Crippen molar-refractivity contribution < 1.29 is 24.0 Å². The number of aliphatic hydroxyl groups is 1. The number of phosphoric ester groups is 1. The molecule has 0 fully saturated rings. The van der Waals surface area contributed by atoms with Crippen LogP contribution >= 0.6 is 7.82 Å². The zero-order chi connectivity index (χ0) is 13.9. The highest BCUT2D eigenvalue weighted by molar-refractivity contribution is 7.46. The van der Waals surface area contributed by atoms with Crippen LogP contribution in [0.25, 0.3) is 0 Å². The second-order valence-corrected chi connectivity index (χ2v) is 4.82. The molecule has 0 unspecified atom stereocenters. The summed E-state index contributed by atoms with van der Waals surface area (Å²) in [6.07, 6.45) is -0.0406. The van der Waals surface area contributed by atoms with Crippen molar-refractivity contribution in [1.82, 2.24) is 9.55 Å². The Morgan fingerprint density at radius 3 is 2.61 bits per heavy atom. The molecule has 4 N–H and O–H groups in total. The summed E-state index contributed by atoms with van der Waals surface area (Å²) in [5.74, 6) is 0. The molecule has 1 heterocycles. The second kappa shape index (κ2) is 5.59. The number of aliphatic hydroxyl groups excluding tert-OH is 1. The smallest absolute Gasteiger partial charge is 0.394 e. The van der Waals surface area contributed by atoms with Crippen LogP contribution in [0.5, 0.6) is 0 Å². The molecule has 0 amide bonds. The Hall–Kier alpha value is -1.25. The van der Waals surface area contributed by atoms with Crippen molar-refractivity contribution in [1.29, 1.82) is 0 Å². The Morgan fingerprint density at radius 1 is 1.50 bits per heavy atom. The zero-order valence-electron chi connectivity index (χ0n) is 9.44. The lowest BCUT2D eigenvalue weighted by Crippen LogP contribution is -2.35. The largest absolute Gasteiger partial charge is 0.469 e. The number of rotatable bonds is 5. The molecule has 0 saturated carbocycles. The van der Waals surface area contributed by atoms with E-state index in [1.807, 2.05) is 4.98 Å². The number of aryl methyl sites for hydroxylation is 1. The first kappa shape index (κ1) is 14.8. The average molecular weight is 280 g/mol. The predicted octanol–water partition coefficient (Wildman–Crippen LogP) is -1.68. The summed E-state index contributed by atoms with van der Waals surface area (Å²) < 4.78 is 15.9. The fourth-order valence-electron chi connectivity index (χ4n) is 1.29. The van der Waals surface area contributed by atoms with E-state index < -0.39 is 31.8 Å². The van der Waals surface area contributed by atoms with Gasteiger partial charge in [-0.15, -0.1) is 0 Å². The monoisotopic (exact) mass is 280 g/mol. The van der Waals surface area contributed by atoms with Crippen molar-refractivity contribution >= 4 is 7.82 Å². The molecule has 102 valence electrons. The summed E-state index contributed by atoms with van der Waals surface area (Å²) in [7, 11) is -4.76. The SMILES string of the molecule is Cc1cn(C[C@@H](CO)OP(=O)(O)O)c(=O)[nH]c1=O. The molecule has 0 aliphatic rings. The van der Waals surface area contributed by atoms with Gasteiger partial charge in [-0.05, 0) is 6.92 Å². The maximum atomic E-state index is 11.4. The molecular formula is C8H13N2O7P. The van der Waals surface area contributed by atoms with Crippen LogP contribution in [0.2, 0.25) is 0 Å². The first-order chi connectivity index (χ1) is 8.23. The lowest BCUT2D eigenvalue weighted by atomic mass is 10.3. The molecule has 10 heteroatoms. The van der Waals surface area contributed by atoms with Gasteiger partial charge in [0.25, 0.3) is 5.56 Å². The molecule has 0 aromatic carbocycles. The molecule has 1 aromatic rings. The first-order valence-corrected chi connectivity index (χ1v) is 6.41. The van der Waals surface area contributed by atoms with E-state index in [1.54, 1.807) is 0 Å². The van der Waals surface area contributed by atoms with Gasteiger partial charge in [0.15, 0.2) is 0 Å². The van der Waals surface area contributed by atoms with Gasteiger partial charge >= 0.3 is 13.5 Å². The number of H-pyrrole nitrogens is 1.